The number of unbranched alkanes of at least 4 members (excludes halogenated alkanes) is 10. The number of aliphatic hydroxyl groups excluding tert-OH is 1. The van der Waals surface area contributed by atoms with E-state index in [9.17, 15) is 19.2 Å². The molecule has 2 amide bonds. The SMILES string of the molecule is CCCCCCCCCCCCCC(CC(=O)NCC(=O)N[C@@H](CO)C(=O)O)OC(=O)CCC. The third-order valence-electron chi connectivity index (χ3n) is 5.56. The number of aliphatic carboxylic acids is 1. The van der Waals surface area contributed by atoms with E-state index in [1.807, 2.05) is 6.92 Å². The van der Waals surface area contributed by atoms with Crippen LogP contribution in [0.4, 0.5) is 0 Å². The maximum Gasteiger partial charge on any atom is 0.328 e. The topological polar surface area (TPSA) is 142 Å². The van der Waals surface area contributed by atoms with Gasteiger partial charge in [0.2, 0.25) is 11.8 Å². The van der Waals surface area contributed by atoms with Crippen LogP contribution >= 0.6 is 0 Å². The molecule has 1 unspecified atom stereocenters. The van der Waals surface area contributed by atoms with Crippen LogP contribution in [-0.4, -0.2) is 59.3 Å². The number of carboxylic acids is 1. The van der Waals surface area contributed by atoms with Crippen LogP contribution in [0, 0.1) is 0 Å². The molecule has 0 aliphatic heterocycles. The normalized spacial score (nSPS) is 12.6. The Bertz CT molecular complexity index is 584. The van der Waals surface area contributed by atoms with Gasteiger partial charge >= 0.3 is 11.9 Å². The Morgan fingerprint density at radius 3 is 1.85 bits per heavy atom. The van der Waals surface area contributed by atoms with Crippen molar-refractivity contribution in [3.8, 4) is 0 Å². The van der Waals surface area contributed by atoms with E-state index < -0.39 is 43.1 Å². The summed E-state index contributed by atoms with van der Waals surface area (Å²) in [7, 11) is 0. The number of amides is 2. The lowest BCUT2D eigenvalue weighted by molar-refractivity contribution is -0.151. The van der Waals surface area contributed by atoms with Crippen molar-refractivity contribution in [2.45, 2.75) is 122 Å². The van der Waals surface area contributed by atoms with Gasteiger partial charge in [-0.2, -0.15) is 0 Å². The highest BCUT2D eigenvalue weighted by Crippen LogP contribution is 2.15. The van der Waals surface area contributed by atoms with Crippen LogP contribution in [0.15, 0.2) is 0 Å². The van der Waals surface area contributed by atoms with Gasteiger partial charge in [-0.15, -0.1) is 0 Å². The van der Waals surface area contributed by atoms with Crippen molar-refractivity contribution in [2.24, 2.45) is 0 Å². The molecule has 0 fully saturated rings. The van der Waals surface area contributed by atoms with Gasteiger partial charge in [-0.05, 0) is 19.3 Å². The average Bonchev–Trinajstić information content (AvgIpc) is 2.79. The van der Waals surface area contributed by atoms with Gasteiger partial charge in [-0.1, -0.05) is 78.1 Å². The molecule has 0 saturated carbocycles. The standard InChI is InChI=1S/C25H46N2O7/c1-3-5-6-7-8-9-10-11-12-13-14-16-20(34-24(31)15-4-2)17-22(29)26-18-23(30)27-21(19-28)25(32)33/h20-21,28H,3-19H2,1-2H3,(H,26,29)(H,27,30)(H,32,33)/t20?,21-/m0/s1. The Morgan fingerprint density at radius 2 is 1.35 bits per heavy atom. The molecule has 0 aliphatic rings. The molecular formula is C25H46N2O7. The molecule has 0 heterocycles. The summed E-state index contributed by atoms with van der Waals surface area (Å²) in [6.45, 7) is 2.93. The van der Waals surface area contributed by atoms with Crippen molar-refractivity contribution >= 4 is 23.8 Å². The van der Waals surface area contributed by atoms with Gasteiger partial charge in [-0.25, -0.2) is 4.79 Å². The second-order valence-corrected chi connectivity index (χ2v) is 8.81. The highest BCUT2D eigenvalue weighted by Gasteiger charge is 2.21. The number of carbonyl (C=O) groups excluding carboxylic acids is 3. The predicted octanol–water partition coefficient (Wildman–Crippen LogP) is 3.47. The van der Waals surface area contributed by atoms with Gasteiger partial charge in [0.1, 0.15) is 12.1 Å². The summed E-state index contributed by atoms with van der Waals surface area (Å²) < 4.78 is 5.46. The Hall–Kier alpha value is -2.16. The van der Waals surface area contributed by atoms with Crippen LogP contribution in [0.1, 0.15) is 110 Å². The van der Waals surface area contributed by atoms with Gasteiger partial charge in [-0.3, -0.25) is 14.4 Å². The van der Waals surface area contributed by atoms with E-state index in [1.165, 1.54) is 51.4 Å². The number of carbonyl (C=O) groups is 4. The number of carboxylic acid groups (broad SMARTS) is 1. The fourth-order valence-electron chi connectivity index (χ4n) is 3.58. The van der Waals surface area contributed by atoms with Crippen molar-refractivity contribution in [1.29, 1.82) is 0 Å². The second kappa shape index (κ2) is 21.4. The van der Waals surface area contributed by atoms with Crippen molar-refractivity contribution in [3.05, 3.63) is 0 Å². The molecule has 0 spiro atoms. The second-order valence-electron chi connectivity index (χ2n) is 8.81. The highest BCUT2D eigenvalue weighted by molar-refractivity contribution is 5.88. The first-order valence-corrected chi connectivity index (χ1v) is 12.9. The molecule has 198 valence electrons. The summed E-state index contributed by atoms with van der Waals surface area (Å²) in [5.74, 6) is -2.88. The van der Waals surface area contributed by atoms with Crippen molar-refractivity contribution in [1.82, 2.24) is 10.6 Å². The lowest BCUT2D eigenvalue weighted by Gasteiger charge is -2.18. The van der Waals surface area contributed by atoms with Crippen LogP contribution in [0.25, 0.3) is 0 Å². The molecule has 4 N–H and O–H groups in total. The van der Waals surface area contributed by atoms with E-state index in [-0.39, 0.29) is 18.8 Å². The van der Waals surface area contributed by atoms with E-state index in [4.69, 9.17) is 14.9 Å². The van der Waals surface area contributed by atoms with E-state index in [2.05, 4.69) is 17.6 Å². The molecule has 0 aromatic rings. The fraction of sp³-hybridized carbons (Fsp3) is 0.840. The number of ether oxygens (including phenoxy) is 1. The number of hydrogen-bond acceptors (Lipinski definition) is 6. The molecule has 0 aromatic carbocycles. The molecule has 2 atom stereocenters. The third-order valence-corrected chi connectivity index (χ3v) is 5.56. The maximum atomic E-state index is 12.2. The first-order chi connectivity index (χ1) is 16.3. The minimum atomic E-state index is -1.42. The molecule has 0 aromatic heterocycles. The predicted molar refractivity (Wildman–Crippen MR) is 130 cm³/mol. The molecule has 9 heteroatoms. The van der Waals surface area contributed by atoms with Gasteiger partial charge in [0.05, 0.1) is 19.6 Å². The zero-order valence-corrected chi connectivity index (χ0v) is 21.1. The first kappa shape index (κ1) is 31.8. The zero-order chi connectivity index (χ0) is 25.6. The molecule has 9 nitrogen and oxygen atoms in total. The molecule has 0 radical (unpaired) electrons. The van der Waals surface area contributed by atoms with Crippen LogP contribution in [0.2, 0.25) is 0 Å². The summed E-state index contributed by atoms with van der Waals surface area (Å²) in [5, 5.41) is 22.3. The summed E-state index contributed by atoms with van der Waals surface area (Å²) in [6, 6.07) is -1.42. The fourth-order valence-corrected chi connectivity index (χ4v) is 3.58. The minimum absolute atomic E-state index is 0.0527. The molecule has 0 saturated heterocycles. The van der Waals surface area contributed by atoms with Crippen LogP contribution in [-0.2, 0) is 23.9 Å². The lowest BCUT2D eigenvalue weighted by atomic mass is 10.0. The maximum absolute atomic E-state index is 12.2. The summed E-state index contributed by atoms with van der Waals surface area (Å²) in [6.07, 6.45) is 14.2. The average molecular weight is 487 g/mol. The van der Waals surface area contributed by atoms with Crippen molar-refractivity contribution in [2.75, 3.05) is 13.2 Å². The largest absolute Gasteiger partial charge is 0.480 e. The number of hydrogen-bond donors (Lipinski definition) is 4. The molecule has 0 aliphatic carbocycles. The van der Waals surface area contributed by atoms with Crippen LogP contribution < -0.4 is 10.6 Å². The summed E-state index contributed by atoms with van der Waals surface area (Å²) >= 11 is 0. The van der Waals surface area contributed by atoms with Crippen LogP contribution in [0.3, 0.4) is 0 Å². The van der Waals surface area contributed by atoms with E-state index in [0.717, 1.165) is 19.3 Å². The van der Waals surface area contributed by atoms with Gasteiger partial charge in [0.25, 0.3) is 0 Å². The lowest BCUT2D eigenvalue weighted by Crippen LogP contribution is -2.47. The van der Waals surface area contributed by atoms with E-state index in [1.54, 1.807) is 0 Å². The third kappa shape index (κ3) is 18.3. The summed E-state index contributed by atoms with van der Waals surface area (Å²) in [5.41, 5.74) is 0. The highest BCUT2D eigenvalue weighted by atomic mass is 16.5. The molecular weight excluding hydrogens is 440 g/mol. The van der Waals surface area contributed by atoms with E-state index >= 15 is 0 Å². The summed E-state index contributed by atoms with van der Waals surface area (Å²) in [4.78, 5) is 46.8. The zero-order valence-electron chi connectivity index (χ0n) is 21.1. The van der Waals surface area contributed by atoms with Crippen LogP contribution in [0.5, 0.6) is 0 Å². The number of rotatable bonds is 22. The monoisotopic (exact) mass is 486 g/mol. The van der Waals surface area contributed by atoms with E-state index in [0.29, 0.717) is 12.8 Å². The molecule has 0 rings (SSSR count). The Labute approximate surface area is 204 Å². The molecule has 0 bridgehead atoms. The van der Waals surface area contributed by atoms with Crippen molar-refractivity contribution < 1.29 is 34.1 Å². The Kier molecular flexibility index (Phi) is 20.0. The Balaban J connectivity index is 4.26. The van der Waals surface area contributed by atoms with Gasteiger partial charge < -0.3 is 25.6 Å². The van der Waals surface area contributed by atoms with Gasteiger partial charge in [0.15, 0.2) is 0 Å². The molecule has 34 heavy (non-hydrogen) atoms. The number of esters is 1. The smallest absolute Gasteiger partial charge is 0.328 e. The quantitative estimate of drug-likeness (QED) is 0.136. The first-order valence-electron chi connectivity index (χ1n) is 12.9. The minimum Gasteiger partial charge on any atom is -0.480 e. The Morgan fingerprint density at radius 1 is 0.794 bits per heavy atom. The number of aliphatic hydroxyl groups is 1. The van der Waals surface area contributed by atoms with Gasteiger partial charge in [0, 0.05) is 6.42 Å². The number of nitrogens with one attached hydrogen (secondary N) is 2. The van der Waals surface area contributed by atoms with Crippen molar-refractivity contribution in [3.63, 3.8) is 0 Å².